The van der Waals surface area contributed by atoms with E-state index in [0.29, 0.717) is 22.8 Å². The number of rotatable bonds is 5. The predicted molar refractivity (Wildman–Crippen MR) is 63.2 cm³/mol. The zero-order valence-electron chi connectivity index (χ0n) is 9.37. The molecule has 0 fully saturated rings. The molecule has 1 aromatic carbocycles. The zero-order chi connectivity index (χ0) is 12.2. The average Bonchev–Trinajstić information content (AvgIpc) is 2.27. The predicted octanol–water partition coefficient (Wildman–Crippen LogP) is 2.69. The van der Waals surface area contributed by atoms with Gasteiger partial charge in [-0.2, -0.15) is 0 Å². The highest BCUT2D eigenvalue weighted by Gasteiger charge is 2.19. The molecule has 3 nitrogen and oxygen atoms in total. The number of benzene rings is 1. The number of aliphatic hydroxyl groups is 1. The van der Waals surface area contributed by atoms with Gasteiger partial charge in [0.25, 0.3) is 0 Å². The molecule has 88 valence electrons. The summed E-state index contributed by atoms with van der Waals surface area (Å²) in [5, 5.41) is 10.1. The first-order valence-corrected chi connectivity index (χ1v) is 5.46. The normalized spacial score (nSPS) is 14.2. The summed E-state index contributed by atoms with van der Waals surface area (Å²) in [7, 11) is 0. The summed E-state index contributed by atoms with van der Waals surface area (Å²) in [6, 6.07) is 4.78. The molecule has 0 amide bonds. The number of aldehydes is 1. The summed E-state index contributed by atoms with van der Waals surface area (Å²) in [5.41, 5.74) is -0.369. The summed E-state index contributed by atoms with van der Waals surface area (Å²) in [4.78, 5) is 10.5. The van der Waals surface area contributed by atoms with E-state index in [2.05, 4.69) is 0 Å². The maximum atomic E-state index is 10.5. The van der Waals surface area contributed by atoms with E-state index in [0.717, 1.165) is 6.29 Å². The summed E-state index contributed by atoms with van der Waals surface area (Å²) in [5.74, 6) is 0.473. The maximum Gasteiger partial charge on any atom is 0.150 e. The van der Waals surface area contributed by atoms with Gasteiger partial charge in [0.15, 0.2) is 0 Å². The van der Waals surface area contributed by atoms with Crippen LogP contribution >= 0.6 is 11.6 Å². The van der Waals surface area contributed by atoms with Crippen LogP contribution in [0.3, 0.4) is 0 Å². The Morgan fingerprint density at radius 1 is 1.56 bits per heavy atom. The first-order valence-electron chi connectivity index (χ1n) is 5.08. The number of carbonyl (C=O) groups is 1. The molecular weight excluding hydrogens is 228 g/mol. The van der Waals surface area contributed by atoms with Crippen molar-refractivity contribution in [2.24, 2.45) is 0 Å². The fraction of sp³-hybridized carbons (Fsp3) is 0.417. The Labute approximate surface area is 100.0 Å². The molecule has 0 aliphatic heterocycles. The molecule has 1 unspecified atom stereocenters. The molecule has 1 N–H and O–H groups in total. The molecule has 1 rings (SSSR count). The van der Waals surface area contributed by atoms with Crippen LogP contribution in [-0.4, -0.2) is 23.6 Å². The number of carbonyl (C=O) groups excluding carboxylic acids is 1. The van der Waals surface area contributed by atoms with Crippen molar-refractivity contribution in [2.75, 3.05) is 6.61 Å². The quantitative estimate of drug-likeness (QED) is 0.808. The highest BCUT2D eigenvalue weighted by atomic mass is 35.5. The molecule has 0 saturated carbocycles. The van der Waals surface area contributed by atoms with Crippen LogP contribution in [0.25, 0.3) is 0 Å². The lowest BCUT2D eigenvalue weighted by Gasteiger charge is -2.21. The highest BCUT2D eigenvalue weighted by Crippen LogP contribution is 2.26. The van der Waals surface area contributed by atoms with Crippen LogP contribution < -0.4 is 4.74 Å². The van der Waals surface area contributed by atoms with E-state index < -0.39 is 5.60 Å². The molecule has 16 heavy (non-hydrogen) atoms. The van der Waals surface area contributed by atoms with Crippen molar-refractivity contribution in [3.05, 3.63) is 28.8 Å². The van der Waals surface area contributed by atoms with E-state index in [1.807, 2.05) is 6.92 Å². The van der Waals surface area contributed by atoms with Crippen LogP contribution in [0.15, 0.2) is 18.2 Å². The van der Waals surface area contributed by atoms with Gasteiger partial charge < -0.3 is 9.84 Å². The molecule has 4 heteroatoms. The Balaban J connectivity index is 2.71. The zero-order valence-corrected chi connectivity index (χ0v) is 10.1. The Kier molecular flexibility index (Phi) is 4.33. The largest absolute Gasteiger partial charge is 0.489 e. The number of hydrogen-bond donors (Lipinski definition) is 1. The van der Waals surface area contributed by atoms with Crippen molar-refractivity contribution in [2.45, 2.75) is 25.9 Å². The molecule has 0 saturated heterocycles. The molecule has 0 radical (unpaired) electrons. The average molecular weight is 243 g/mol. The Morgan fingerprint density at radius 3 is 2.75 bits per heavy atom. The van der Waals surface area contributed by atoms with Crippen molar-refractivity contribution in [1.82, 2.24) is 0 Å². The molecular formula is C12H15ClO3. The molecule has 1 aromatic rings. The summed E-state index contributed by atoms with van der Waals surface area (Å²) < 4.78 is 5.39. The van der Waals surface area contributed by atoms with Gasteiger partial charge in [0, 0.05) is 5.56 Å². The van der Waals surface area contributed by atoms with Gasteiger partial charge in [-0.05, 0) is 31.5 Å². The van der Waals surface area contributed by atoms with Crippen molar-refractivity contribution in [3.63, 3.8) is 0 Å². The van der Waals surface area contributed by atoms with Crippen LogP contribution in [0.1, 0.15) is 30.6 Å². The fourth-order valence-electron chi connectivity index (χ4n) is 1.04. The monoisotopic (exact) mass is 242 g/mol. The first kappa shape index (κ1) is 13.0. The highest BCUT2D eigenvalue weighted by molar-refractivity contribution is 6.32. The van der Waals surface area contributed by atoms with E-state index in [9.17, 15) is 9.90 Å². The van der Waals surface area contributed by atoms with Gasteiger partial charge in [0.05, 0.1) is 10.6 Å². The second kappa shape index (κ2) is 5.32. The molecule has 0 aliphatic rings. The van der Waals surface area contributed by atoms with E-state index in [4.69, 9.17) is 16.3 Å². The van der Waals surface area contributed by atoms with E-state index >= 15 is 0 Å². The summed E-state index contributed by atoms with van der Waals surface area (Å²) in [6.45, 7) is 3.74. The van der Waals surface area contributed by atoms with Crippen LogP contribution in [0.4, 0.5) is 0 Å². The number of halogens is 1. The van der Waals surface area contributed by atoms with Gasteiger partial charge in [0.2, 0.25) is 0 Å². The van der Waals surface area contributed by atoms with Crippen LogP contribution in [0.2, 0.25) is 5.02 Å². The van der Waals surface area contributed by atoms with Crippen molar-refractivity contribution >= 4 is 17.9 Å². The van der Waals surface area contributed by atoms with Crippen molar-refractivity contribution in [3.8, 4) is 5.75 Å². The minimum atomic E-state index is -0.868. The van der Waals surface area contributed by atoms with Gasteiger partial charge in [0.1, 0.15) is 18.6 Å². The Bertz CT molecular complexity index is 375. The molecule has 0 bridgehead atoms. The molecule has 0 spiro atoms. The lowest BCUT2D eigenvalue weighted by Crippen LogP contribution is -2.31. The number of ether oxygens (including phenoxy) is 1. The lowest BCUT2D eigenvalue weighted by molar-refractivity contribution is 0.00850. The Hall–Kier alpha value is -1.06. The lowest BCUT2D eigenvalue weighted by atomic mass is 10.1. The molecule has 0 aromatic heterocycles. The summed E-state index contributed by atoms with van der Waals surface area (Å²) >= 11 is 5.91. The van der Waals surface area contributed by atoms with E-state index in [1.54, 1.807) is 19.1 Å². The minimum Gasteiger partial charge on any atom is -0.489 e. The number of hydrogen-bond acceptors (Lipinski definition) is 3. The summed E-state index contributed by atoms with van der Waals surface area (Å²) in [6.07, 6.45) is 1.31. The standard InChI is InChI=1S/C12H15ClO3/c1-3-12(2,15)8-16-11-5-4-9(7-14)6-10(11)13/h4-7,15H,3,8H2,1-2H3. The topological polar surface area (TPSA) is 46.5 Å². The van der Waals surface area contributed by atoms with Crippen LogP contribution in [0, 0.1) is 0 Å². The SMILES string of the molecule is CCC(C)(O)COc1ccc(C=O)cc1Cl. The first-order chi connectivity index (χ1) is 7.48. The van der Waals surface area contributed by atoms with Crippen molar-refractivity contribution < 1.29 is 14.6 Å². The van der Waals surface area contributed by atoms with Gasteiger partial charge in [-0.1, -0.05) is 18.5 Å². The third kappa shape index (κ3) is 3.51. The van der Waals surface area contributed by atoms with Gasteiger partial charge in [-0.25, -0.2) is 0 Å². The molecule has 1 atom stereocenters. The molecule has 0 heterocycles. The van der Waals surface area contributed by atoms with Gasteiger partial charge >= 0.3 is 0 Å². The fourth-order valence-corrected chi connectivity index (χ4v) is 1.29. The van der Waals surface area contributed by atoms with Gasteiger partial charge in [-0.3, -0.25) is 4.79 Å². The minimum absolute atomic E-state index is 0.170. The third-order valence-electron chi connectivity index (χ3n) is 2.39. The van der Waals surface area contributed by atoms with E-state index in [-0.39, 0.29) is 6.61 Å². The van der Waals surface area contributed by atoms with Gasteiger partial charge in [-0.15, -0.1) is 0 Å². The second-order valence-corrected chi connectivity index (χ2v) is 4.35. The molecule has 0 aliphatic carbocycles. The Morgan fingerprint density at radius 2 is 2.25 bits per heavy atom. The maximum absolute atomic E-state index is 10.5. The van der Waals surface area contributed by atoms with E-state index in [1.165, 1.54) is 6.07 Å². The second-order valence-electron chi connectivity index (χ2n) is 3.95. The van der Waals surface area contributed by atoms with Crippen LogP contribution in [-0.2, 0) is 0 Å². The third-order valence-corrected chi connectivity index (χ3v) is 2.69. The van der Waals surface area contributed by atoms with Crippen molar-refractivity contribution in [1.29, 1.82) is 0 Å². The van der Waals surface area contributed by atoms with Crippen LogP contribution in [0.5, 0.6) is 5.75 Å². The smallest absolute Gasteiger partial charge is 0.150 e.